The zero-order valence-corrected chi connectivity index (χ0v) is 10.4. The van der Waals surface area contributed by atoms with Gasteiger partial charge in [0.05, 0.1) is 12.2 Å². The average Bonchev–Trinajstić information content (AvgIpc) is 2.76. The molecule has 17 heavy (non-hydrogen) atoms. The summed E-state index contributed by atoms with van der Waals surface area (Å²) in [6.07, 6.45) is 1.78. The summed E-state index contributed by atoms with van der Waals surface area (Å²) in [5.74, 6) is 1.63. The molecule has 0 amide bonds. The van der Waals surface area contributed by atoms with Crippen LogP contribution < -0.4 is 5.32 Å². The van der Waals surface area contributed by atoms with Crippen LogP contribution in [0.4, 0.5) is 5.82 Å². The van der Waals surface area contributed by atoms with Gasteiger partial charge in [0.2, 0.25) is 0 Å². The molecule has 0 fully saturated rings. The molecule has 4 nitrogen and oxygen atoms in total. The fraction of sp³-hybridized carbons (Fsp3) is 0.385. The van der Waals surface area contributed by atoms with Gasteiger partial charge in [-0.2, -0.15) is 0 Å². The highest BCUT2D eigenvalue weighted by atomic mass is 16.5. The van der Waals surface area contributed by atoms with E-state index < -0.39 is 0 Å². The fourth-order valence-electron chi connectivity index (χ4n) is 1.40. The van der Waals surface area contributed by atoms with Crippen molar-refractivity contribution in [2.45, 2.75) is 32.7 Å². The largest absolute Gasteiger partial charge is 0.362 e. The van der Waals surface area contributed by atoms with Crippen molar-refractivity contribution >= 4 is 5.82 Å². The van der Waals surface area contributed by atoms with Crippen molar-refractivity contribution in [3.8, 4) is 0 Å². The predicted molar refractivity (Wildman–Crippen MR) is 66.8 cm³/mol. The van der Waals surface area contributed by atoms with Gasteiger partial charge in [-0.25, -0.2) is 0 Å². The molecule has 90 valence electrons. The van der Waals surface area contributed by atoms with Crippen LogP contribution >= 0.6 is 0 Å². The van der Waals surface area contributed by atoms with Crippen LogP contribution in [0.25, 0.3) is 0 Å². The molecule has 0 aliphatic heterocycles. The molecular weight excluding hydrogens is 214 g/mol. The van der Waals surface area contributed by atoms with Crippen LogP contribution in [0.1, 0.15) is 32.2 Å². The maximum absolute atomic E-state index is 5.28. The van der Waals surface area contributed by atoms with Crippen molar-refractivity contribution < 1.29 is 4.52 Å². The number of nitrogens with one attached hydrogen (secondary N) is 1. The van der Waals surface area contributed by atoms with Crippen molar-refractivity contribution in [1.82, 2.24) is 10.1 Å². The Morgan fingerprint density at radius 1 is 1.29 bits per heavy atom. The number of nitrogens with zero attached hydrogens (tertiary/aromatic N) is 2. The van der Waals surface area contributed by atoms with Gasteiger partial charge in [-0.15, -0.1) is 0 Å². The second kappa shape index (κ2) is 4.57. The minimum Gasteiger partial charge on any atom is -0.362 e. The van der Waals surface area contributed by atoms with Gasteiger partial charge in [0.25, 0.3) is 0 Å². The van der Waals surface area contributed by atoms with Crippen LogP contribution in [0.3, 0.4) is 0 Å². The number of aromatic nitrogens is 2. The molecule has 2 heterocycles. The van der Waals surface area contributed by atoms with E-state index in [1.165, 1.54) is 0 Å². The molecule has 0 saturated heterocycles. The predicted octanol–water partition coefficient (Wildman–Crippen LogP) is 2.98. The molecule has 0 atom stereocenters. The number of rotatable bonds is 3. The standard InChI is InChI=1S/C13H17N3O/c1-13(2,3)11-8-12(16-17-11)15-9-10-6-4-5-7-14-10/h4-8H,9H2,1-3H3,(H,15,16). The highest BCUT2D eigenvalue weighted by Crippen LogP contribution is 2.24. The van der Waals surface area contributed by atoms with Gasteiger partial charge in [-0.3, -0.25) is 4.98 Å². The number of anilines is 1. The third kappa shape index (κ3) is 3.06. The van der Waals surface area contributed by atoms with Crippen LogP contribution in [0, 0.1) is 0 Å². The molecular formula is C13H17N3O. The lowest BCUT2D eigenvalue weighted by molar-refractivity contribution is 0.330. The summed E-state index contributed by atoms with van der Waals surface area (Å²) in [7, 11) is 0. The highest BCUT2D eigenvalue weighted by Gasteiger charge is 2.19. The molecule has 1 N–H and O–H groups in total. The summed E-state index contributed by atoms with van der Waals surface area (Å²) in [6.45, 7) is 6.93. The van der Waals surface area contributed by atoms with E-state index in [9.17, 15) is 0 Å². The van der Waals surface area contributed by atoms with Gasteiger partial charge in [0.15, 0.2) is 5.82 Å². The average molecular weight is 231 g/mol. The lowest BCUT2D eigenvalue weighted by Crippen LogP contribution is -2.09. The Morgan fingerprint density at radius 2 is 2.12 bits per heavy atom. The molecule has 2 aromatic rings. The number of hydrogen-bond donors (Lipinski definition) is 1. The summed E-state index contributed by atoms with van der Waals surface area (Å²) in [5.41, 5.74) is 0.964. The van der Waals surface area contributed by atoms with Gasteiger partial charge in [0, 0.05) is 17.7 Å². The number of hydrogen-bond acceptors (Lipinski definition) is 4. The molecule has 0 spiro atoms. The van der Waals surface area contributed by atoms with Crippen LogP contribution in [0.15, 0.2) is 35.0 Å². The molecule has 2 aromatic heterocycles. The molecule has 0 aliphatic rings. The van der Waals surface area contributed by atoms with Crippen molar-refractivity contribution in [3.05, 3.63) is 41.9 Å². The summed E-state index contributed by atoms with van der Waals surface area (Å²) >= 11 is 0. The van der Waals surface area contributed by atoms with E-state index in [0.717, 1.165) is 17.3 Å². The SMILES string of the molecule is CC(C)(C)c1cc(NCc2ccccn2)no1. The number of pyridine rings is 1. The van der Waals surface area contributed by atoms with Crippen LogP contribution in [0.2, 0.25) is 0 Å². The Labute approximate surface area is 101 Å². The summed E-state index contributed by atoms with van der Waals surface area (Å²) < 4.78 is 5.28. The first kappa shape index (κ1) is 11.6. The van der Waals surface area contributed by atoms with Crippen molar-refractivity contribution in [3.63, 3.8) is 0 Å². The Bertz CT molecular complexity index is 471. The van der Waals surface area contributed by atoms with Crippen LogP contribution in [0.5, 0.6) is 0 Å². The Morgan fingerprint density at radius 3 is 2.71 bits per heavy atom. The fourth-order valence-corrected chi connectivity index (χ4v) is 1.40. The van der Waals surface area contributed by atoms with Gasteiger partial charge in [-0.1, -0.05) is 32.0 Å². The van der Waals surface area contributed by atoms with Crippen molar-refractivity contribution in [2.75, 3.05) is 5.32 Å². The molecule has 0 aromatic carbocycles. The van der Waals surface area contributed by atoms with Gasteiger partial charge in [0.1, 0.15) is 5.76 Å². The van der Waals surface area contributed by atoms with E-state index in [0.29, 0.717) is 6.54 Å². The zero-order valence-electron chi connectivity index (χ0n) is 10.4. The van der Waals surface area contributed by atoms with Crippen LogP contribution in [-0.2, 0) is 12.0 Å². The molecule has 0 radical (unpaired) electrons. The van der Waals surface area contributed by atoms with Gasteiger partial charge in [-0.05, 0) is 12.1 Å². The van der Waals surface area contributed by atoms with Gasteiger partial charge < -0.3 is 9.84 Å². The van der Waals surface area contributed by atoms with E-state index in [1.54, 1.807) is 6.20 Å². The highest BCUT2D eigenvalue weighted by molar-refractivity contribution is 5.36. The minimum atomic E-state index is -0.0159. The third-order valence-electron chi connectivity index (χ3n) is 2.43. The monoisotopic (exact) mass is 231 g/mol. The van der Waals surface area contributed by atoms with E-state index in [4.69, 9.17) is 4.52 Å². The normalized spacial score (nSPS) is 11.5. The summed E-state index contributed by atoms with van der Waals surface area (Å²) in [4.78, 5) is 4.23. The van der Waals surface area contributed by atoms with E-state index in [-0.39, 0.29) is 5.41 Å². The van der Waals surface area contributed by atoms with E-state index >= 15 is 0 Å². The Balaban J connectivity index is 1.99. The quantitative estimate of drug-likeness (QED) is 0.882. The molecule has 0 unspecified atom stereocenters. The van der Waals surface area contributed by atoms with Crippen molar-refractivity contribution in [2.24, 2.45) is 0 Å². The zero-order chi connectivity index (χ0) is 12.3. The van der Waals surface area contributed by atoms with Crippen molar-refractivity contribution in [1.29, 1.82) is 0 Å². The van der Waals surface area contributed by atoms with Crippen LogP contribution in [-0.4, -0.2) is 10.1 Å². The lowest BCUT2D eigenvalue weighted by atomic mass is 9.93. The second-order valence-electron chi connectivity index (χ2n) is 5.00. The summed E-state index contributed by atoms with van der Waals surface area (Å²) in [5, 5.41) is 7.17. The van der Waals surface area contributed by atoms with Gasteiger partial charge >= 0.3 is 0 Å². The molecule has 0 saturated carbocycles. The molecule has 4 heteroatoms. The Hall–Kier alpha value is -1.84. The molecule has 0 bridgehead atoms. The third-order valence-corrected chi connectivity index (χ3v) is 2.43. The van der Waals surface area contributed by atoms with E-state index in [1.807, 2.05) is 24.3 Å². The van der Waals surface area contributed by atoms with E-state index in [2.05, 4.69) is 36.2 Å². The molecule has 0 aliphatic carbocycles. The Kier molecular flexibility index (Phi) is 3.13. The maximum atomic E-state index is 5.28. The lowest BCUT2D eigenvalue weighted by Gasteiger charge is -2.12. The first-order chi connectivity index (χ1) is 8.05. The topological polar surface area (TPSA) is 51.0 Å². The maximum Gasteiger partial charge on any atom is 0.169 e. The molecule has 2 rings (SSSR count). The first-order valence-corrected chi connectivity index (χ1v) is 5.67. The first-order valence-electron chi connectivity index (χ1n) is 5.67. The summed E-state index contributed by atoms with van der Waals surface area (Å²) in [6, 6.07) is 7.77. The smallest absolute Gasteiger partial charge is 0.169 e. The minimum absolute atomic E-state index is 0.0159. The second-order valence-corrected chi connectivity index (χ2v) is 5.00.